The number of rotatable bonds is 5. The van der Waals surface area contributed by atoms with Crippen LogP contribution in [0.2, 0.25) is 0 Å². The first-order chi connectivity index (χ1) is 10.1. The summed E-state index contributed by atoms with van der Waals surface area (Å²) in [6, 6.07) is 7.81. The second-order valence-corrected chi connectivity index (χ2v) is 5.70. The molecule has 2 rings (SSSR count). The van der Waals surface area contributed by atoms with Gasteiger partial charge in [-0.2, -0.15) is 0 Å². The molecular formula is C16H25N3O2. The van der Waals surface area contributed by atoms with Crippen molar-refractivity contribution in [3.8, 4) is 0 Å². The largest absolute Gasteiger partial charge is 0.388 e. The third-order valence-corrected chi connectivity index (χ3v) is 3.91. The standard InChI is InChI=1S/C16H25N3O2/c1-21-11-13-7-3-4-8-14(13)19-15(17)18-12-16(20)9-5-2-6-10-16/h3-4,7-8,20H,2,5-6,9-12H2,1H3,(H3,17,18,19). The highest BCUT2D eigenvalue weighted by Crippen LogP contribution is 2.28. The first-order valence-corrected chi connectivity index (χ1v) is 7.49. The molecule has 0 saturated heterocycles. The molecule has 1 saturated carbocycles. The molecule has 5 heteroatoms. The molecule has 1 aliphatic rings. The Kier molecular flexibility index (Phi) is 5.59. The maximum Gasteiger partial charge on any atom is 0.193 e. The summed E-state index contributed by atoms with van der Waals surface area (Å²) >= 11 is 0. The van der Waals surface area contributed by atoms with E-state index >= 15 is 0 Å². The number of benzene rings is 1. The van der Waals surface area contributed by atoms with E-state index in [4.69, 9.17) is 10.5 Å². The molecule has 1 aliphatic carbocycles. The number of aliphatic imine (C=N–C) groups is 1. The second kappa shape index (κ2) is 7.43. The van der Waals surface area contributed by atoms with Crippen LogP contribution in [0, 0.1) is 0 Å². The van der Waals surface area contributed by atoms with Crippen molar-refractivity contribution in [1.82, 2.24) is 0 Å². The van der Waals surface area contributed by atoms with Crippen LogP contribution in [0.25, 0.3) is 0 Å². The molecule has 4 N–H and O–H groups in total. The monoisotopic (exact) mass is 291 g/mol. The number of hydrogen-bond acceptors (Lipinski definition) is 3. The quantitative estimate of drug-likeness (QED) is 0.574. The van der Waals surface area contributed by atoms with Crippen molar-refractivity contribution >= 4 is 11.6 Å². The zero-order valence-electron chi connectivity index (χ0n) is 12.6. The van der Waals surface area contributed by atoms with Crippen molar-refractivity contribution in [2.24, 2.45) is 10.7 Å². The number of nitrogens with one attached hydrogen (secondary N) is 1. The fraction of sp³-hybridized carbons (Fsp3) is 0.562. The molecule has 0 aromatic heterocycles. The topological polar surface area (TPSA) is 79.9 Å². The minimum absolute atomic E-state index is 0.331. The molecule has 5 nitrogen and oxygen atoms in total. The van der Waals surface area contributed by atoms with Gasteiger partial charge in [-0.3, -0.25) is 4.99 Å². The average molecular weight is 291 g/mol. The number of para-hydroxylation sites is 1. The van der Waals surface area contributed by atoms with Crippen molar-refractivity contribution in [3.05, 3.63) is 29.8 Å². The first kappa shape index (κ1) is 15.8. The molecule has 0 atom stereocenters. The van der Waals surface area contributed by atoms with Crippen LogP contribution >= 0.6 is 0 Å². The summed E-state index contributed by atoms with van der Waals surface area (Å²) in [6.45, 7) is 0.874. The van der Waals surface area contributed by atoms with Gasteiger partial charge in [-0.1, -0.05) is 37.5 Å². The van der Waals surface area contributed by atoms with Gasteiger partial charge < -0.3 is 20.9 Å². The summed E-state index contributed by atoms with van der Waals surface area (Å²) in [5, 5.41) is 13.5. The number of guanidine groups is 1. The van der Waals surface area contributed by atoms with E-state index in [1.54, 1.807) is 7.11 Å². The second-order valence-electron chi connectivity index (χ2n) is 5.70. The van der Waals surface area contributed by atoms with Crippen molar-refractivity contribution in [2.45, 2.75) is 44.3 Å². The summed E-state index contributed by atoms with van der Waals surface area (Å²) < 4.78 is 5.16. The van der Waals surface area contributed by atoms with Crippen molar-refractivity contribution in [2.75, 3.05) is 19.0 Å². The van der Waals surface area contributed by atoms with Gasteiger partial charge >= 0.3 is 0 Å². The Morgan fingerprint density at radius 2 is 2.05 bits per heavy atom. The minimum Gasteiger partial charge on any atom is -0.388 e. The van der Waals surface area contributed by atoms with Gasteiger partial charge in [-0.25, -0.2) is 0 Å². The molecule has 0 spiro atoms. The molecule has 0 bridgehead atoms. The lowest BCUT2D eigenvalue weighted by molar-refractivity contribution is 0.0132. The smallest absolute Gasteiger partial charge is 0.193 e. The van der Waals surface area contributed by atoms with Gasteiger partial charge in [0.2, 0.25) is 0 Å². The predicted octanol–water partition coefficient (Wildman–Crippen LogP) is 2.25. The summed E-state index contributed by atoms with van der Waals surface area (Å²) in [7, 11) is 1.66. The Hall–Kier alpha value is -1.59. The normalized spacial score (nSPS) is 18.5. The molecule has 0 amide bonds. The van der Waals surface area contributed by atoms with E-state index in [0.717, 1.165) is 36.9 Å². The van der Waals surface area contributed by atoms with Crippen LogP contribution in [0.5, 0.6) is 0 Å². The van der Waals surface area contributed by atoms with E-state index in [1.165, 1.54) is 6.42 Å². The number of hydrogen-bond donors (Lipinski definition) is 3. The Balaban J connectivity index is 1.97. The minimum atomic E-state index is -0.684. The van der Waals surface area contributed by atoms with E-state index in [0.29, 0.717) is 19.1 Å². The van der Waals surface area contributed by atoms with Crippen LogP contribution in [0.4, 0.5) is 5.69 Å². The van der Waals surface area contributed by atoms with Crippen molar-refractivity contribution in [1.29, 1.82) is 0 Å². The zero-order valence-corrected chi connectivity index (χ0v) is 12.6. The number of methoxy groups -OCH3 is 1. The van der Waals surface area contributed by atoms with Crippen molar-refractivity contribution in [3.63, 3.8) is 0 Å². The highest BCUT2D eigenvalue weighted by Gasteiger charge is 2.28. The lowest BCUT2D eigenvalue weighted by Gasteiger charge is -2.30. The Labute approximate surface area is 126 Å². The fourth-order valence-corrected chi connectivity index (χ4v) is 2.70. The van der Waals surface area contributed by atoms with Gasteiger partial charge in [-0.15, -0.1) is 0 Å². The van der Waals surface area contributed by atoms with E-state index in [1.807, 2.05) is 24.3 Å². The van der Waals surface area contributed by atoms with E-state index in [2.05, 4.69) is 10.3 Å². The lowest BCUT2D eigenvalue weighted by Crippen LogP contribution is -2.36. The van der Waals surface area contributed by atoms with Crippen molar-refractivity contribution < 1.29 is 9.84 Å². The Bertz CT molecular complexity index is 482. The maximum atomic E-state index is 10.4. The molecular weight excluding hydrogens is 266 g/mol. The van der Waals surface area contributed by atoms with Crippen LogP contribution in [-0.2, 0) is 11.3 Å². The predicted molar refractivity (Wildman–Crippen MR) is 85.3 cm³/mol. The Morgan fingerprint density at radius 3 is 2.76 bits per heavy atom. The van der Waals surface area contributed by atoms with E-state index < -0.39 is 5.60 Å². The molecule has 0 heterocycles. The molecule has 21 heavy (non-hydrogen) atoms. The van der Waals surface area contributed by atoms with E-state index in [-0.39, 0.29) is 0 Å². The van der Waals surface area contributed by atoms with Crippen LogP contribution < -0.4 is 11.1 Å². The van der Waals surface area contributed by atoms with Gasteiger partial charge in [0.15, 0.2) is 5.96 Å². The van der Waals surface area contributed by atoms with Crippen LogP contribution in [0.15, 0.2) is 29.3 Å². The third kappa shape index (κ3) is 4.72. The molecule has 0 aliphatic heterocycles. The number of ether oxygens (including phenoxy) is 1. The van der Waals surface area contributed by atoms with Gasteiger partial charge in [0.25, 0.3) is 0 Å². The molecule has 116 valence electrons. The third-order valence-electron chi connectivity index (χ3n) is 3.91. The molecule has 0 unspecified atom stereocenters. The lowest BCUT2D eigenvalue weighted by atomic mass is 9.85. The van der Waals surface area contributed by atoms with Gasteiger partial charge in [-0.05, 0) is 18.9 Å². The summed E-state index contributed by atoms with van der Waals surface area (Å²) in [6.07, 6.45) is 4.95. The molecule has 1 fully saturated rings. The van der Waals surface area contributed by atoms with Crippen LogP contribution in [0.1, 0.15) is 37.7 Å². The molecule has 1 aromatic carbocycles. The van der Waals surface area contributed by atoms with Crippen LogP contribution in [-0.4, -0.2) is 30.3 Å². The average Bonchev–Trinajstić information content (AvgIpc) is 2.48. The summed E-state index contributed by atoms with van der Waals surface area (Å²) in [5.74, 6) is 0.331. The Morgan fingerprint density at radius 1 is 1.33 bits per heavy atom. The highest BCUT2D eigenvalue weighted by atomic mass is 16.5. The number of aliphatic hydroxyl groups is 1. The highest BCUT2D eigenvalue weighted by molar-refractivity contribution is 5.93. The zero-order chi connectivity index (χ0) is 15.1. The molecule has 1 aromatic rings. The van der Waals surface area contributed by atoms with Gasteiger partial charge in [0.05, 0.1) is 18.8 Å². The summed E-state index contributed by atoms with van der Waals surface area (Å²) in [4.78, 5) is 4.31. The van der Waals surface area contributed by atoms with Crippen LogP contribution in [0.3, 0.4) is 0 Å². The number of anilines is 1. The SMILES string of the molecule is COCc1ccccc1NC(N)=NCC1(O)CCCCC1. The fourth-order valence-electron chi connectivity index (χ4n) is 2.70. The van der Waals surface area contributed by atoms with Gasteiger partial charge in [0, 0.05) is 18.4 Å². The number of nitrogens with two attached hydrogens (primary N) is 1. The number of nitrogens with zero attached hydrogens (tertiary/aromatic N) is 1. The molecule has 0 radical (unpaired) electrons. The van der Waals surface area contributed by atoms with E-state index in [9.17, 15) is 5.11 Å². The van der Waals surface area contributed by atoms with Gasteiger partial charge in [0.1, 0.15) is 0 Å². The first-order valence-electron chi connectivity index (χ1n) is 7.49. The summed E-state index contributed by atoms with van der Waals surface area (Å²) in [5.41, 5.74) is 7.16. The maximum absolute atomic E-state index is 10.4.